The summed E-state index contributed by atoms with van der Waals surface area (Å²) in [4.78, 5) is 4.29. The monoisotopic (exact) mass is 212 g/mol. The van der Waals surface area contributed by atoms with Gasteiger partial charge < -0.3 is 10.1 Å². The van der Waals surface area contributed by atoms with Crippen LogP contribution in [-0.2, 0) is 4.74 Å². The van der Waals surface area contributed by atoms with Gasteiger partial charge in [0.05, 0.1) is 17.3 Å². The van der Waals surface area contributed by atoms with E-state index in [2.05, 4.69) is 22.6 Å². The molecular weight excluding hydrogens is 196 g/mol. The van der Waals surface area contributed by atoms with E-state index in [1.807, 2.05) is 5.51 Å². The van der Waals surface area contributed by atoms with Gasteiger partial charge in [-0.05, 0) is 19.8 Å². The van der Waals surface area contributed by atoms with E-state index in [1.54, 1.807) is 18.4 Å². The summed E-state index contributed by atoms with van der Waals surface area (Å²) in [5.74, 6) is 0. The lowest BCUT2D eigenvalue weighted by Gasteiger charge is -2.36. The first-order valence-corrected chi connectivity index (χ1v) is 5.91. The zero-order chi connectivity index (χ0) is 9.97. The first-order chi connectivity index (χ1) is 6.79. The van der Waals surface area contributed by atoms with E-state index in [0.29, 0.717) is 18.2 Å². The quantitative estimate of drug-likeness (QED) is 0.828. The van der Waals surface area contributed by atoms with Crippen LogP contribution in [0.4, 0.5) is 0 Å². The smallest absolute Gasteiger partial charge is 0.0795 e. The van der Waals surface area contributed by atoms with Gasteiger partial charge in [0, 0.05) is 24.6 Å². The molecule has 4 heteroatoms. The molecule has 0 aliphatic heterocycles. The molecule has 1 aromatic rings. The number of thiazole rings is 1. The van der Waals surface area contributed by atoms with Gasteiger partial charge in [0.15, 0.2) is 0 Å². The summed E-state index contributed by atoms with van der Waals surface area (Å²) in [5.41, 5.74) is 3.03. The Morgan fingerprint density at radius 2 is 2.43 bits per heavy atom. The fourth-order valence-electron chi connectivity index (χ4n) is 1.77. The summed E-state index contributed by atoms with van der Waals surface area (Å²) in [5, 5.41) is 5.65. The van der Waals surface area contributed by atoms with E-state index in [9.17, 15) is 0 Å². The summed E-state index contributed by atoms with van der Waals surface area (Å²) in [6.07, 6.45) is 2.73. The molecule has 2 rings (SSSR count). The molecular formula is C10H16N2OS. The lowest BCUT2D eigenvalue weighted by atomic mass is 9.88. The largest absolute Gasteiger partial charge is 0.381 e. The van der Waals surface area contributed by atoms with Gasteiger partial charge in [-0.2, -0.15) is 0 Å². The minimum absolute atomic E-state index is 0.365. The zero-order valence-corrected chi connectivity index (χ0v) is 9.38. The highest BCUT2D eigenvalue weighted by molar-refractivity contribution is 7.07. The van der Waals surface area contributed by atoms with Crippen molar-refractivity contribution in [2.45, 2.75) is 38.0 Å². The van der Waals surface area contributed by atoms with Crippen molar-refractivity contribution in [2.75, 3.05) is 7.11 Å². The van der Waals surface area contributed by atoms with E-state index in [-0.39, 0.29) is 0 Å². The van der Waals surface area contributed by atoms with Crippen LogP contribution in [0.25, 0.3) is 0 Å². The molecule has 0 aromatic carbocycles. The van der Waals surface area contributed by atoms with E-state index in [0.717, 1.165) is 18.5 Å². The first kappa shape index (κ1) is 10.1. The fraction of sp³-hybridized carbons (Fsp3) is 0.700. The summed E-state index contributed by atoms with van der Waals surface area (Å²) in [6.45, 7) is 2.16. The van der Waals surface area contributed by atoms with Gasteiger partial charge in [0.25, 0.3) is 0 Å². The van der Waals surface area contributed by atoms with E-state index >= 15 is 0 Å². The van der Waals surface area contributed by atoms with E-state index in [4.69, 9.17) is 4.74 Å². The molecule has 0 radical (unpaired) electrons. The van der Waals surface area contributed by atoms with Crippen molar-refractivity contribution < 1.29 is 4.74 Å². The molecule has 0 saturated heterocycles. The molecule has 1 N–H and O–H groups in total. The predicted octanol–water partition coefficient (Wildman–Crippen LogP) is 1.97. The molecule has 3 nitrogen and oxygen atoms in total. The van der Waals surface area contributed by atoms with E-state index in [1.165, 1.54) is 0 Å². The van der Waals surface area contributed by atoms with Crippen molar-refractivity contribution in [2.24, 2.45) is 0 Å². The molecule has 1 saturated carbocycles. The third kappa shape index (κ3) is 2.13. The number of nitrogens with zero attached hydrogens (tertiary/aromatic N) is 1. The second-order valence-corrected chi connectivity index (χ2v) is 4.55. The summed E-state index contributed by atoms with van der Waals surface area (Å²) < 4.78 is 5.24. The number of hydrogen-bond acceptors (Lipinski definition) is 4. The third-order valence-corrected chi connectivity index (χ3v) is 3.41. The van der Waals surface area contributed by atoms with Crippen LogP contribution in [0.1, 0.15) is 31.5 Å². The number of hydrogen-bond donors (Lipinski definition) is 1. The van der Waals surface area contributed by atoms with Gasteiger partial charge in [0.1, 0.15) is 0 Å². The van der Waals surface area contributed by atoms with Crippen molar-refractivity contribution in [1.82, 2.24) is 10.3 Å². The van der Waals surface area contributed by atoms with Gasteiger partial charge in [0.2, 0.25) is 0 Å². The van der Waals surface area contributed by atoms with Crippen LogP contribution < -0.4 is 5.32 Å². The minimum Gasteiger partial charge on any atom is -0.381 e. The zero-order valence-electron chi connectivity index (χ0n) is 8.56. The number of rotatable bonds is 4. The molecule has 1 fully saturated rings. The average molecular weight is 212 g/mol. The maximum absolute atomic E-state index is 5.24. The van der Waals surface area contributed by atoms with Crippen LogP contribution >= 0.6 is 11.3 Å². The van der Waals surface area contributed by atoms with Gasteiger partial charge >= 0.3 is 0 Å². The Balaban J connectivity index is 1.77. The van der Waals surface area contributed by atoms with Crippen LogP contribution in [0.15, 0.2) is 10.9 Å². The maximum Gasteiger partial charge on any atom is 0.0795 e. The Morgan fingerprint density at radius 3 is 3.00 bits per heavy atom. The Morgan fingerprint density at radius 1 is 1.64 bits per heavy atom. The molecule has 0 amide bonds. The van der Waals surface area contributed by atoms with Crippen molar-refractivity contribution in [3.05, 3.63) is 16.6 Å². The van der Waals surface area contributed by atoms with Crippen LogP contribution in [0.5, 0.6) is 0 Å². The molecule has 1 heterocycles. The van der Waals surface area contributed by atoms with Crippen molar-refractivity contribution >= 4 is 11.3 Å². The van der Waals surface area contributed by atoms with Crippen molar-refractivity contribution in [3.8, 4) is 0 Å². The lowest BCUT2D eigenvalue weighted by Crippen LogP contribution is -2.45. The number of nitrogens with one attached hydrogen (secondary N) is 1. The third-order valence-electron chi connectivity index (χ3n) is 2.81. The minimum atomic E-state index is 0.365. The molecule has 0 bridgehead atoms. The molecule has 14 heavy (non-hydrogen) atoms. The number of methoxy groups -OCH3 is 1. The fourth-order valence-corrected chi connectivity index (χ4v) is 2.42. The summed E-state index contributed by atoms with van der Waals surface area (Å²) >= 11 is 1.65. The molecule has 1 unspecified atom stereocenters. The Labute approximate surface area is 88.5 Å². The normalized spacial score (nSPS) is 28.4. The first-order valence-electron chi connectivity index (χ1n) is 4.96. The average Bonchev–Trinajstić information content (AvgIpc) is 2.62. The Hall–Kier alpha value is -0.450. The van der Waals surface area contributed by atoms with E-state index < -0.39 is 0 Å². The molecule has 1 aliphatic rings. The second-order valence-electron chi connectivity index (χ2n) is 3.83. The van der Waals surface area contributed by atoms with Gasteiger partial charge in [-0.25, -0.2) is 4.98 Å². The van der Waals surface area contributed by atoms with Crippen LogP contribution in [0.2, 0.25) is 0 Å². The van der Waals surface area contributed by atoms with Crippen LogP contribution in [-0.4, -0.2) is 24.2 Å². The number of aromatic nitrogens is 1. The van der Waals surface area contributed by atoms with Crippen molar-refractivity contribution in [3.63, 3.8) is 0 Å². The second kappa shape index (κ2) is 4.38. The highest BCUT2D eigenvalue weighted by Gasteiger charge is 2.29. The molecule has 0 spiro atoms. The summed E-state index contributed by atoms with van der Waals surface area (Å²) in [6, 6.07) is 0.973. The maximum atomic E-state index is 5.24. The van der Waals surface area contributed by atoms with Crippen LogP contribution in [0.3, 0.4) is 0 Å². The Bertz CT molecular complexity index is 270. The summed E-state index contributed by atoms with van der Waals surface area (Å²) in [7, 11) is 1.78. The van der Waals surface area contributed by atoms with Gasteiger partial charge in [-0.3, -0.25) is 0 Å². The van der Waals surface area contributed by atoms with Gasteiger partial charge in [-0.15, -0.1) is 11.3 Å². The predicted molar refractivity (Wildman–Crippen MR) is 57.5 cm³/mol. The molecule has 1 aliphatic carbocycles. The molecule has 78 valence electrons. The lowest BCUT2D eigenvalue weighted by molar-refractivity contribution is 0.0146. The SMILES string of the molecule is COC1CC(NC(C)c2cscn2)C1. The topological polar surface area (TPSA) is 34.1 Å². The highest BCUT2D eigenvalue weighted by atomic mass is 32.1. The van der Waals surface area contributed by atoms with Crippen molar-refractivity contribution in [1.29, 1.82) is 0 Å². The standard InChI is InChI=1S/C10H16N2OS/c1-7(10-5-14-6-11-10)12-8-3-9(4-8)13-2/h5-9,12H,3-4H2,1-2H3. The molecule has 1 atom stereocenters. The van der Waals surface area contributed by atoms with Gasteiger partial charge in [-0.1, -0.05) is 0 Å². The molecule has 1 aromatic heterocycles. The Kier molecular flexibility index (Phi) is 3.15. The number of ether oxygens (including phenoxy) is 1. The highest BCUT2D eigenvalue weighted by Crippen LogP contribution is 2.25. The van der Waals surface area contributed by atoms with Crippen LogP contribution in [0, 0.1) is 0 Å².